The molecule has 0 bridgehead atoms. The molecule has 0 aromatic heterocycles. The van der Waals surface area contributed by atoms with E-state index in [4.69, 9.17) is 5.11 Å². The van der Waals surface area contributed by atoms with E-state index in [9.17, 15) is 9.59 Å². The minimum atomic E-state index is -0.858. The van der Waals surface area contributed by atoms with Crippen molar-refractivity contribution >= 4 is 12.0 Å². The lowest BCUT2D eigenvalue weighted by Gasteiger charge is -2.23. The van der Waals surface area contributed by atoms with Crippen LogP contribution in [-0.4, -0.2) is 54.7 Å². The number of amides is 2. The predicted molar refractivity (Wildman–Crippen MR) is 68.4 cm³/mol. The number of carboxylic acid groups (broad SMARTS) is 1. The summed E-state index contributed by atoms with van der Waals surface area (Å²) in [6.07, 6.45) is 0.931. The van der Waals surface area contributed by atoms with Gasteiger partial charge in [-0.2, -0.15) is 0 Å². The number of urea groups is 1. The third kappa shape index (κ3) is 4.52. The van der Waals surface area contributed by atoms with Gasteiger partial charge in [-0.15, -0.1) is 0 Å². The van der Waals surface area contributed by atoms with Crippen LogP contribution in [-0.2, 0) is 4.79 Å². The minimum Gasteiger partial charge on any atom is -0.481 e. The Hall–Kier alpha value is -1.30. The number of hydrogen-bond acceptors (Lipinski definition) is 3. The Bertz CT molecular complexity index is 286. The predicted octanol–water partition coefficient (Wildman–Crippen LogP) is 0.348. The molecule has 0 aromatic carbocycles. The van der Waals surface area contributed by atoms with Crippen molar-refractivity contribution < 1.29 is 14.7 Å². The molecule has 1 fully saturated rings. The van der Waals surface area contributed by atoms with Crippen molar-refractivity contribution in [2.45, 2.75) is 20.3 Å². The molecule has 18 heavy (non-hydrogen) atoms. The van der Waals surface area contributed by atoms with Gasteiger partial charge in [0, 0.05) is 26.2 Å². The molecule has 0 spiro atoms. The number of nitrogens with zero attached hydrogens (tertiary/aromatic N) is 1. The van der Waals surface area contributed by atoms with Gasteiger partial charge < -0.3 is 20.6 Å². The zero-order chi connectivity index (χ0) is 13.5. The molecule has 1 unspecified atom stereocenters. The van der Waals surface area contributed by atoms with Crippen molar-refractivity contribution in [3.05, 3.63) is 0 Å². The maximum Gasteiger partial charge on any atom is 0.317 e. The second kappa shape index (κ2) is 7.20. The summed E-state index contributed by atoms with van der Waals surface area (Å²) >= 11 is 0. The lowest BCUT2D eigenvalue weighted by Crippen LogP contribution is -2.45. The minimum absolute atomic E-state index is 0.00796. The van der Waals surface area contributed by atoms with Gasteiger partial charge in [0.05, 0.1) is 5.92 Å². The molecule has 0 radical (unpaired) electrons. The lowest BCUT2D eigenvalue weighted by molar-refractivity contribution is -0.142. The first-order chi connectivity index (χ1) is 8.52. The maximum atomic E-state index is 11.9. The lowest BCUT2D eigenvalue weighted by atomic mass is 9.96. The summed E-state index contributed by atoms with van der Waals surface area (Å²) in [6.45, 7) is 6.99. The largest absolute Gasteiger partial charge is 0.481 e. The van der Waals surface area contributed by atoms with E-state index in [1.807, 2.05) is 13.8 Å². The van der Waals surface area contributed by atoms with E-state index in [0.29, 0.717) is 6.54 Å². The van der Waals surface area contributed by atoms with Gasteiger partial charge in [0.1, 0.15) is 0 Å². The standard InChI is InChI=1S/C12H23N3O3/c1-9(2)10(11(16)17)8-14-12(18)15-6-3-4-13-5-7-15/h9-10,13H,3-8H2,1-2H3,(H,14,18)(H,16,17). The van der Waals surface area contributed by atoms with Crippen molar-refractivity contribution in [3.63, 3.8) is 0 Å². The summed E-state index contributed by atoms with van der Waals surface area (Å²) in [5, 5.41) is 15.0. The fourth-order valence-electron chi connectivity index (χ4n) is 1.97. The SMILES string of the molecule is CC(C)C(CNC(=O)N1CCCNCC1)C(=O)O. The van der Waals surface area contributed by atoms with Crippen LogP contribution in [0.4, 0.5) is 4.79 Å². The Morgan fingerprint density at radius 2 is 2.06 bits per heavy atom. The molecule has 104 valence electrons. The smallest absolute Gasteiger partial charge is 0.317 e. The molecule has 1 rings (SSSR count). The van der Waals surface area contributed by atoms with E-state index in [1.165, 1.54) is 0 Å². The second-order valence-corrected chi connectivity index (χ2v) is 4.97. The Kier molecular flexibility index (Phi) is 5.91. The van der Waals surface area contributed by atoms with Crippen LogP contribution >= 0.6 is 0 Å². The summed E-state index contributed by atoms with van der Waals surface area (Å²) in [7, 11) is 0. The molecule has 1 atom stereocenters. The molecular formula is C12H23N3O3. The number of carbonyl (C=O) groups excluding carboxylic acids is 1. The fraction of sp³-hybridized carbons (Fsp3) is 0.833. The molecule has 1 aliphatic rings. The molecule has 2 amide bonds. The van der Waals surface area contributed by atoms with E-state index in [-0.39, 0.29) is 18.5 Å². The second-order valence-electron chi connectivity index (χ2n) is 4.97. The van der Waals surface area contributed by atoms with E-state index in [0.717, 1.165) is 26.1 Å². The molecule has 1 aliphatic heterocycles. The van der Waals surface area contributed by atoms with Crippen molar-refractivity contribution in [3.8, 4) is 0 Å². The average Bonchev–Trinajstić information content (AvgIpc) is 2.56. The van der Waals surface area contributed by atoms with Gasteiger partial charge in [0.15, 0.2) is 0 Å². The van der Waals surface area contributed by atoms with Crippen LogP contribution in [0.1, 0.15) is 20.3 Å². The molecule has 1 saturated heterocycles. The molecular weight excluding hydrogens is 234 g/mol. The molecule has 6 heteroatoms. The van der Waals surface area contributed by atoms with Crippen LogP contribution in [0, 0.1) is 11.8 Å². The zero-order valence-corrected chi connectivity index (χ0v) is 11.1. The van der Waals surface area contributed by atoms with Gasteiger partial charge in [-0.05, 0) is 18.9 Å². The Labute approximate surface area is 108 Å². The number of rotatable bonds is 4. The highest BCUT2D eigenvalue weighted by Gasteiger charge is 2.23. The van der Waals surface area contributed by atoms with Gasteiger partial charge >= 0.3 is 12.0 Å². The molecule has 0 saturated carbocycles. The van der Waals surface area contributed by atoms with Gasteiger partial charge in [-0.25, -0.2) is 4.79 Å². The third-order valence-electron chi connectivity index (χ3n) is 3.22. The van der Waals surface area contributed by atoms with Crippen LogP contribution in [0.15, 0.2) is 0 Å². The van der Waals surface area contributed by atoms with Crippen LogP contribution < -0.4 is 10.6 Å². The Balaban J connectivity index is 2.41. The maximum absolute atomic E-state index is 11.9. The van der Waals surface area contributed by atoms with Gasteiger partial charge in [0.2, 0.25) is 0 Å². The number of hydrogen-bond donors (Lipinski definition) is 3. The normalized spacial score (nSPS) is 18.3. The van der Waals surface area contributed by atoms with Crippen LogP contribution in [0.3, 0.4) is 0 Å². The monoisotopic (exact) mass is 257 g/mol. The molecule has 6 nitrogen and oxygen atoms in total. The highest BCUT2D eigenvalue weighted by atomic mass is 16.4. The number of nitrogens with one attached hydrogen (secondary N) is 2. The van der Waals surface area contributed by atoms with Gasteiger partial charge in [0.25, 0.3) is 0 Å². The molecule has 0 aromatic rings. The van der Waals surface area contributed by atoms with E-state index in [1.54, 1.807) is 4.90 Å². The van der Waals surface area contributed by atoms with Crippen molar-refractivity contribution in [2.24, 2.45) is 11.8 Å². The Morgan fingerprint density at radius 3 is 2.67 bits per heavy atom. The summed E-state index contributed by atoms with van der Waals surface area (Å²) < 4.78 is 0. The first-order valence-electron chi connectivity index (χ1n) is 6.48. The molecule has 1 heterocycles. The summed E-state index contributed by atoms with van der Waals surface area (Å²) in [5.74, 6) is -1.38. The highest BCUT2D eigenvalue weighted by molar-refractivity contribution is 5.76. The highest BCUT2D eigenvalue weighted by Crippen LogP contribution is 2.10. The van der Waals surface area contributed by atoms with Crippen molar-refractivity contribution in [1.29, 1.82) is 0 Å². The molecule has 3 N–H and O–H groups in total. The van der Waals surface area contributed by atoms with Crippen molar-refractivity contribution in [1.82, 2.24) is 15.5 Å². The quantitative estimate of drug-likeness (QED) is 0.678. The first kappa shape index (κ1) is 14.8. The number of carboxylic acids is 1. The third-order valence-corrected chi connectivity index (χ3v) is 3.22. The van der Waals surface area contributed by atoms with Gasteiger partial charge in [-0.1, -0.05) is 13.8 Å². The van der Waals surface area contributed by atoms with E-state index in [2.05, 4.69) is 10.6 Å². The van der Waals surface area contributed by atoms with E-state index < -0.39 is 11.9 Å². The van der Waals surface area contributed by atoms with Gasteiger partial charge in [-0.3, -0.25) is 4.79 Å². The van der Waals surface area contributed by atoms with Crippen LogP contribution in [0.5, 0.6) is 0 Å². The summed E-state index contributed by atoms with van der Waals surface area (Å²) in [5.41, 5.74) is 0. The molecule has 0 aliphatic carbocycles. The number of carbonyl (C=O) groups is 2. The summed E-state index contributed by atoms with van der Waals surface area (Å²) in [4.78, 5) is 24.6. The van der Waals surface area contributed by atoms with Crippen molar-refractivity contribution in [2.75, 3.05) is 32.7 Å². The number of aliphatic carboxylic acids is 1. The summed E-state index contributed by atoms with van der Waals surface area (Å²) in [6, 6.07) is -0.161. The fourth-order valence-corrected chi connectivity index (χ4v) is 1.97. The Morgan fingerprint density at radius 1 is 1.33 bits per heavy atom. The van der Waals surface area contributed by atoms with Crippen LogP contribution in [0.25, 0.3) is 0 Å². The van der Waals surface area contributed by atoms with Crippen LogP contribution in [0.2, 0.25) is 0 Å². The first-order valence-corrected chi connectivity index (χ1v) is 6.48. The van der Waals surface area contributed by atoms with E-state index >= 15 is 0 Å². The topological polar surface area (TPSA) is 81.7 Å². The zero-order valence-electron chi connectivity index (χ0n) is 11.1. The average molecular weight is 257 g/mol.